The molecule has 2 unspecified atom stereocenters. The van der Waals surface area contributed by atoms with Crippen molar-refractivity contribution in [2.75, 3.05) is 26.7 Å². The molecule has 0 aromatic rings. The second kappa shape index (κ2) is 5.83. The third kappa shape index (κ3) is 3.68. The molecule has 0 radical (unpaired) electrons. The number of nitrogens with zero attached hydrogens (tertiary/aromatic N) is 1. The van der Waals surface area contributed by atoms with Gasteiger partial charge in [0.25, 0.3) is 0 Å². The minimum absolute atomic E-state index is 0.264. The zero-order chi connectivity index (χ0) is 13.1. The van der Waals surface area contributed by atoms with Crippen LogP contribution in [0.25, 0.3) is 0 Å². The van der Waals surface area contributed by atoms with Gasteiger partial charge in [-0.1, -0.05) is 13.8 Å². The molecule has 100 valence electrons. The summed E-state index contributed by atoms with van der Waals surface area (Å²) in [6.45, 7) is 9.72. The third-order valence-electron chi connectivity index (χ3n) is 4.28. The molecule has 0 saturated carbocycles. The average Bonchev–Trinajstić information content (AvgIpc) is 2.74. The molecule has 0 bridgehead atoms. The molecular weight excluding hydrogens is 214 g/mol. The summed E-state index contributed by atoms with van der Waals surface area (Å²) in [7, 11) is 1.80. The number of hydrogen-bond donors (Lipinski definition) is 2. The van der Waals surface area contributed by atoms with E-state index in [4.69, 9.17) is 5.73 Å². The Morgan fingerprint density at radius 3 is 2.65 bits per heavy atom. The zero-order valence-electron chi connectivity index (χ0n) is 11.6. The maximum absolute atomic E-state index is 11.4. The van der Waals surface area contributed by atoms with E-state index in [-0.39, 0.29) is 5.91 Å². The first-order valence-corrected chi connectivity index (χ1v) is 6.60. The van der Waals surface area contributed by atoms with E-state index in [2.05, 4.69) is 24.1 Å². The van der Waals surface area contributed by atoms with Crippen LogP contribution in [0.2, 0.25) is 0 Å². The van der Waals surface area contributed by atoms with Gasteiger partial charge in [0.15, 0.2) is 0 Å². The number of rotatable bonds is 6. The standard InChI is InChI=1S/C13H27N3O/c1-10(2)11-5-7-16(9-11)8-6-13(3,15-4)12(14)17/h10-11,15H,5-9H2,1-4H3,(H2,14,17). The number of amides is 1. The summed E-state index contributed by atoms with van der Waals surface area (Å²) in [6.07, 6.45) is 2.06. The fraction of sp³-hybridized carbons (Fsp3) is 0.923. The van der Waals surface area contributed by atoms with Gasteiger partial charge in [-0.05, 0) is 45.2 Å². The van der Waals surface area contributed by atoms with Gasteiger partial charge >= 0.3 is 0 Å². The largest absolute Gasteiger partial charge is 0.368 e. The van der Waals surface area contributed by atoms with Gasteiger partial charge in [-0.15, -0.1) is 0 Å². The summed E-state index contributed by atoms with van der Waals surface area (Å²) in [5.74, 6) is 1.30. The average molecular weight is 241 g/mol. The van der Waals surface area contributed by atoms with E-state index < -0.39 is 5.54 Å². The first-order chi connectivity index (χ1) is 7.89. The Morgan fingerprint density at radius 2 is 2.24 bits per heavy atom. The van der Waals surface area contributed by atoms with Crippen LogP contribution in [0.4, 0.5) is 0 Å². The van der Waals surface area contributed by atoms with Crippen LogP contribution in [0.15, 0.2) is 0 Å². The molecule has 0 aromatic heterocycles. The summed E-state index contributed by atoms with van der Waals surface area (Å²) in [6, 6.07) is 0. The smallest absolute Gasteiger partial charge is 0.237 e. The van der Waals surface area contributed by atoms with Crippen molar-refractivity contribution in [1.82, 2.24) is 10.2 Å². The van der Waals surface area contributed by atoms with Gasteiger partial charge < -0.3 is 16.0 Å². The molecule has 4 heteroatoms. The molecule has 0 aliphatic carbocycles. The Balaban J connectivity index is 2.39. The second-order valence-corrected chi connectivity index (χ2v) is 5.79. The van der Waals surface area contributed by atoms with Crippen LogP contribution in [-0.2, 0) is 4.79 Å². The van der Waals surface area contributed by atoms with E-state index in [9.17, 15) is 4.79 Å². The highest BCUT2D eigenvalue weighted by Crippen LogP contribution is 2.24. The fourth-order valence-corrected chi connectivity index (χ4v) is 2.36. The third-order valence-corrected chi connectivity index (χ3v) is 4.28. The maximum atomic E-state index is 11.4. The van der Waals surface area contributed by atoms with Crippen LogP contribution in [0.1, 0.15) is 33.6 Å². The van der Waals surface area contributed by atoms with Gasteiger partial charge in [0.1, 0.15) is 0 Å². The minimum Gasteiger partial charge on any atom is -0.368 e. The molecular formula is C13H27N3O. The normalized spacial score (nSPS) is 25.1. The Bertz CT molecular complexity index is 267. The van der Waals surface area contributed by atoms with E-state index >= 15 is 0 Å². The lowest BCUT2D eigenvalue weighted by Crippen LogP contribution is -2.53. The maximum Gasteiger partial charge on any atom is 0.237 e. The van der Waals surface area contributed by atoms with Crippen LogP contribution < -0.4 is 11.1 Å². The number of likely N-dealkylation sites (tertiary alicyclic amines) is 1. The molecule has 1 rings (SSSR count). The minimum atomic E-state index is -0.573. The topological polar surface area (TPSA) is 58.4 Å². The number of likely N-dealkylation sites (N-methyl/N-ethyl adjacent to an activating group) is 1. The molecule has 1 aliphatic rings. The van der Waals surface area contributed by atoms with E-state index in [0.717, 1.165) is 37.9 Å². The summed E-state index contributed by atoms with van der Waals surface area (Å²) in [4.78, 5) is 13.8. The van der Waals surface area contributed by atoms with E-state index in [1.54, 1.807) is 7.05 Å². The predicted octanol–water partition coefficient (Wildman–Crippen LogP) is 0.818. The van der Waals surface area contributed by atoms with Crippen molar-refractivity contribution >= 4 is 5.91 Å². The Hall–Kier alpha value is -0.610. The lowest BCUT2D eigenvalue weighted by molar-refractivity contribution is -0.124. The highest BCUT2D eigenvalue weighted by molar-refractivity contribution is 5.84. The second-order valence-electron chi connectivity index (χ2n) is 5.79. The van der Waals surface area contributed by atoms with E-state index in [1.165, 1.54) is 6.42 Å². The number of hydrogen-bond acceptors (Lipinski definition) is 3. The molecule has 1 heterocycles. The van der Waals surface area contributed by atoms with E-state index in [0.29, 0.717) is 0 Å². The van der Waals surface area contributed by atoms with Crippen molar-refractivity contribution in [3.8, 4) is 0 Å². The molecule has 1 saturated heterocycles. The Morgan fingerprint density at radius 1 is 1.59 bits per heavy atom. The Kier molecular flexibility index (Phi) is 4.95. The molecule has 0 spiro atoms. The number of carbonyl (C=O) groups is 1. The first-order valence-electron chi connectivity index (χ1n) is 6.60. The van der Waals surface area contributed by atoms with Crippen molar-refractivity contribution < 1.29 is 4.79 Å². The quantitative estimate of drug-likeness (QED) is 0.724. The van der Waals surface area contributed by atoms with Gasteiger partial charge in [0.05, 0.1) is 5.54 Å². The fourth-order valence-electron chi connectivity index (χ4n) is 2.36. The number of nitrogens with one attached hydrogen (secondary N) is 1. The van der Waals surface area contributed by atoms with Crippen molar-refractivity contribution in [2.45, 2.75) is 39.2 Å². The molecule has 1 fully saturated rings. The van der Waals surface area contributed by atoms with Gasteiger partial charge in [0.2, 0.25) is 5.91 Å². The number of carbonyl (C=O) groups excluding carboxylic acids is 1. The van der Waals surface area contributed by atoms with Gasteiger partial charge in [-0.3, -0.25) is 4.79 Å². The molecule has 0 aromatic carbocycles. The van der Waals surface area contributed by atoms with Crippen molar-refractivity contribution in [1.29, 1.82) is 0 Å². The van der Waals surface area contributed by atoms with Crippen LogP contribution in [0.3, 0.4) is 0 Å². The molecule has 17 heavy (non-hydrogen) atoms. The van der Waals surface area contributed by atoms with Crippen LogP contribution in [0, 0.1) is 11.8 Å². The predicted molar refractivity (Wildman–Crippen MR) is 70.7 cm³/mol. The summed E-state index contributed by atoms with van der Waals surface area (Å²) in [5, 5.41) is 3.03. The zero-order valence-corrected chi connectivity index (χ0v) is 11.6. The van der Waals surface area contributed by atoms with Crippen LogP contribution in [0.5, 0.6) is 0 Å². The van der Waals surface area contributed by atoms with Gasteiger partial charge in [-0.2, -0.15) is 0 Å². The number of nitrogens with two attached hydrogens (primary N) is 1. The first kappa shape index (κ1) is 14.5. The van der Waals surface area contributed by atoms with Crippen LogP contribution in [-0.4, -0.2) is 43.0 Å². The highest BCUT2D eigenvalue weighted by Gasteiger charge is 2.31. The SMILES string of the molecule is CNC(C)(CCN1CCC(C(C)C)C1)C(N)=O. The summed E-state index contributed by atoms with van der Waals surface area (Å²) in [5.41, 5.74) is 4.85. The molecule has 2 atom stereocenters. The Labute approximate surface area is 105 Å². The highest BCUT2D eigenvalue weighted by atomic mass is 16.1. The molecule has 1 amide bonds. The lowest BCUT2D eigenvalue weighted by atomic mass is 9.95. The monoisotopic (exact) mass is 241 g/mol. The lowest BCUT2D eigenvalue weighted by Gasteiger charge is -2.28. The van der Waals surface area contributed by atoms with Crippen molar-refractivity contribution in [3.63, 3.8) is 0 Å². The number of primary amides is 1. The molecule has 3 N–H and O–H groups in total. The summed E-state index contributed by atoms with van der Waals surface area (Å²) >= 11 is 0. The summed E-state index contributed by atoms with van der Waals surface area (Å²) < 4.78 is 0. The molecule has 1 aliphatic heterocycles. The van der Waals surface area contributed by atoms with Crippen molar-refractivity contribution in [3.05, 3.63) is 0 Å². The molecule has 4 nitrogen and oxygen atoms in total. The van der Waals surface area contributed by atoms with Gasteiger partial charge in [-0.25, -0.2) is 0 Å². The van der Waals surface area contributed by atoms with Crippen LogP contribution >= 0.6 is 0 Å². The van der Waals surface area contributed by atoms with Crippen molar-refractivity contribution in [2.24, 2.45) is 17.6 Å². The van der Waals surface area contributed by atoms with E-state index in [1.807, 2.05) is 6.92 Å². The van der Waals surface area contributed by atoms with Gasteiger partial charge in [0, 0.05) is 13.1 Å².